The average molecular weight is 349 g/mol. The normalized spacial score (nSPS) is 21.9. The summed E-state index contributed by atoms with van der Waals surface area (Å²) >= 11 is 0. The maximum atomic E-state index is 12.5. The smallest absolute Gasteiger partial charge is 0.174 e. The van der Waals surface area contributed by atoms with Crippen molar-refractivity contribution in [3.8, 4) is 5.75 Å². The fourth-order valence-corrected chi connectivity index (χ4v) is 2.77. The van der Waals surface area contributed by atoms with E-state index in [9.17, 15) is 4.39 Å². The van der Waals surface area contributed by atoms with Crippen LogP contribution in [-0.2, 0) is 4.74 Å². The van der Waals surface area contributed by atoms with Gasteiger partial charge in [-0.15, -0.1) is 0 Å². The van der Waals surface area contributed by atoms with Crippen molar-refractivity contribution in [3.05, 3.63) is 41.7 Å². The summed E-state index contributed by atoms with van der Waals surface area (Å²) in [7, 11) is 1.95. The molecule has 0 saturated carbocycles. The third-order valence-corrected chi connectivity index (χ3v) is 4.24. The molecule has 2 heterocycles. The minimum absolute atomic E-state index is 0.0385. The summed E-state index contributed by atoms with van der Waals surface area (Å²) in [5, 5.41) is 9.95. The van der Waals surface area contributed by atoms with E-state index in [2.05, 4.69) is 15.3 Å². The molecule has 2 aliphatic rings. The Kier molecular flexibility index (Phi) is 5.85. The van der Waals surface area contributed by atoms with E-state index in [1.54, 1.807) is 0 Å². The fraction of sp³-hybridized carbons (Fsp3) is 0.471. The van der Waals surface area contributed by atoms with E-state index in [0.717, 1.165) is 37.7 Å². The molecule has 8 heteroatoms. The summed E-state index contributed by atoms with van der Waals surface area (Å²) in [5.74, 6) is 1.48. The van der Waals surface area contributed by atoms with Gasteiger partial charge in [0.15, 0.2) is 12.1 Å². The molecule has 1 aromatic rings. The van der Waals surface area contributed by atoms with Crippen LogP contribution in [0.4, 0.5) is 4.39 Å². The predicted octanol–water partition coefficient (Wildman–Crippen LogP) is 0.690. The molecule has 136 valence electrons. The van der Waals surface area contributed by atoms with Crippen molar-refractivity contribution in [2.45, 2.75) is 6.29 Å². The highest BCUT2D eigenvalue weighted by Crippen LogP contribution is 2.17. The first-order valence-electron chi connectivity index (χ1n) is 8.32. The molecule has 3 N–H and O–H groups in total. The maximum Gasteiger partial charge on any atom is 0.174 e. The molecule has 7 nitrogen and oxygen atoms in total. The highest BCUT2D eigenvalue weighted by Gasteiger charge is 2.30. The Bertz CT molecular complexity index is 628. The first-order chi connectivity index (χ1) is 12.2. The molecule has 0 amide bonds. The molecule has 0 spiro atoms. The predicted molar refractivity (Wildman–Crippen MR) is 93.8 cm³/mol. The number of halogens is 1. The molecule has 2 aliphatic heterocycles. The molecule has 0 radical (unpaired) electrons. The van der Waals surface area contributed by atoms with Crippen molar-refractivity contribution in [2.24, 2.45) is 10.8 Å². The minimum Gasteiger partial charge on any atom is -0.489 e. The van der Waals surface area contributed by atoms with E-state index < -0.39 is 0 Å². The van der Waals surface area contributed by atoms with E-state index >= 15 is 0 Å². The molecule has 1 unspecified atom stereocenters. The Hall–Kier alpha value is -2.16. The van der Waals surface area contributed by atoms with Gasteiger partial charge in [-0.25, -0.2) is 4.39 Å². The Morgan fingerprint density at radius 1 is 1.40 bits per heavy atom. The van der Waals surface area contributed by atoms with Gasteiger partial charge < -0.3 is 20.5 Å². The maximum absolute atomic E-state index is 12.5. The van der Waals surface area contributed by atoms with Crippen LogP contribution in [0, 0.1) is 0 Å². The molecule has 0 aliphatic carbocycles. The van der Waals surface area contributed by atoms with Crippen LogP contribution in [0.5, 0.6) is 5.75 Å². The highest BCUT2D eigenvalue weighted by atomic mass is 19.1. The number of amidine groups is 1. The SMILES string of the molecule is CN1N=C(c2ccc(OC/C(=C/F)CN)cc2)NC1N1CCOCC1. The lowest BCUT2D eigenvalue weighted by Crippen LogP contribution is -2.54. The first kappa shape index (κ1) is 17.7. The summed E-state index contributed by atoms with van der Waals surface area (Å²) < 4.78 is 23.4. The molecular weight excluding hydrogens is 325 g/mol. The number of morpholine rings is 1. The van der Waals surface area contributed by atoms with Crippen molar-refractivity contribution in [3.63, 3.8) is 0 Å². The standard InChI is InChI=1S/C17H24FN5O2/c1-22-17(23-6-8-24-9-7-23)20-16(21-22)14-2-4-15(5-3-14)25-12-13(10-18)11-19/h2-5,10,17H,6-9,11-12,19H2,1H3,(H,20,21)/b13-10+. The van der Waals surface area contributed by atoms with E-state index in [1.807, 2.05) is 36.3 Å². The number of nitrogens with two attached hydrogens (primary N) is 1. The summed E-state index contributed by atoms with van der Waals surface area (Å²) in [6.45, 7) is 3.53. The van der Waals surface area contributed by atoms with Crippen molar-refractivity contribution in [1.29, 1.82) is 0 Å². The van der Waals surface area contributed by atoms with Crippen LogP contribution in [0.3, 0.4) is 0 Å². The molecule has 1 saturated heterocycles. The number of rotatable bonds is 6. The number of hydrogen-bond donors (Lipinski definition) is 2. The van der Waals surface area contributed by atoms with Crippen molar-refractivity contribution in [1.82, 2.24) is 15.2 Å². The van der Waals surface area contributed by atoms with Crippen LogP contribution >= 0.6 is 0 Å². The van der Waals surface area contributed by atoms with Crippen molar-refractivity contribution < 1.29 is 13.9 Å². The van der Waals surface area contributed by atoms with Crippen LogP contribution in [0.2, 0.25) is 0 Å². The van der Waals surface area contributed by atoms with Gasteiger partial charge in [0.2, 0.25) is 0 Å². The third kappa shape index (κ3) is 4.28. The number of benzene rings is 1. The minimum atomic E-state index is 0.0385. The lowest BCUT2D eigenvalue weighted by atomic mass is 10.2. The molecule has 0 aromatic heterocycles. The quantitative estimate of drug-likeness (QED) is 0.787. The van der Waals surface area contributed by atoms with Crippen LogP contribution in [0.1, 0.15) is 5.56 Å². The van der Waals surface area contributed by atoms with Gasteiger partial charge in [-0.2, -0.15) is 5.10 Å². The topological polar surface area (TPSA) is 75.3 Å². The Morgan fingerprint density at radius 2 is 2.12 bits per heavy atom. The van der Waals surface area contributed by atoms with E-state index in [4.69, 9.17) is 15.2 Å². The second kappa shape index (κ2) is 8.28. The van der Waals surface area contributed by atoms with Crippen molar-refractivity contribution >= 4 is 5.84 Å². The number of hydrazone groups is 1. The van der Waals surface area contributed by atoms with Gasteiger partial charge in [0.05, 0.1) is 19.5 Å². The first-order valence-corrected chi connectivity index (χ1v) is 8.32. The molecule has 3 rings (SSSR count). The zero-order valence-electron chi connectivity index (χ0n) is 14.3. The van der Waals surface area contributed by atoms with Crippen LogP contribution in [0.15, 0.2) is 41.3 Å². The highest BCUT2D eigenvalue weighted by molar-refractivity contribution is 5.99. The van der Waals surface area contributed by atoms with Gasteiger partial charge in [-0.3, -0.25) is 9.91 Å². The summed E-state index contributed by atoms with van der Waals surface area (Å²) in [4.78, 5) is 2.30. The Balaban J connectivity index is 1.59. The van der Waals surface area contributed by atoms with E-state index in [-0.39, 0.29) is 19.4 Å². The zero-order valence-corrected chi connectivity index (χ0v) is 14.3. The van der Waals surface area contributed by atoms with Crippen LogP contribution < -0.4 is 15.8 Å². The number of ether oxygens (including phenoxy) is 2. The summed E-state index contributed by atoms with van der Waals surface area (Å²) in [6.07, 6.45) is 0.532. The van der Waals surface area contributed by atoms with E-state index in [0.29, 0.717) is 17.7 Å². The molecular formula is C17H24FN5O2. The van der Waals surface area contributed by atoms with Crippen LogP contribution in [-0.4, -0.2) is 68.5 Å². The zero-order chi connectivity index (χ0) is 17.6. The van der Waals surface area contributed by atoms with Crippen molar-refractivity contribution in [2.75, 3.05) is 46.5 Å². The monoisotopic (exact) mass is 349 g/mol. The molecule has 1 fully saturated rings. The average Bonchev–Trinajstić information content (AvgIpc) is 3.05. The second-order valence-electron chi connectivity index (χ2n) is 5.97. The van der Waals surface area contributed by atoms with E-state index in [1.165, 1.54) is 0 Å². The second-order valence-corrected chi connectivity index (χ2v) is 5.97. The lowest BCUT2D eigenvalue weighted by molar-refractivity contribution is -0.0242. The van der Waals surface area contributed by atoms with Gasteiger partial charge in [0.25, 0.3) is 0 Å². The van der Waals surface area contributed by atoms with Gasteiger partial charge in [-0.1, -0.05) is 0 Å². The Labute approximate surface area is 146 Å². The Morgan fingerprint density at radius 3 is 2.76 bits per heavy atom. The van der Waals surface area contributed by atoms with Gasteiger partial charge >= 0.3 is 0 Å². The number of nitrogens with zero attached hydrogens (tertiary/aromatic N) is 3. The molecule has 0 bridgehead atoms. The fourth-order valence-electron chi connectivity index (χ4n) is 2.77. The lowest BCUT2D eigenvalue weighted by Gasteiger charge is -2.34. The van der Waals surface area contributed by atoms with Gasteiger partial charge in [0, 0.05) is 37.8 Å². The van der Waals surface area contributed by atoms with Crippen LogP contribution in [0.25, 0.3) is 0 Å². The number of nitrogens with one attached hydrogen (secondary N) is 1. The van der Waals surface area contributed by atoms with Gasteiger partial charge in [0.1, 0.15) is 12.4 Å². The summed E-state index contributed by atoms with van der Waals surface area (Å²) in [5.41, 5.74) is 6.80. The number of hydrogen-bond acceptors (Lipinski definition) is 7. The summed E-state index contributed by atoms with van der Waals surface area (Å²) in [6, 6.07) is 7.54. The van der Waals surface area contributed by atoms with Gasteiger partial charge in [-0.05, 0) is 24.3 Å². The largest absolute Gasteiger partial charge is 0.489 e. The molecule has 1 atom stereocenters. The molecule has 1 aromatic carbocycles. The third-order valence-electron chi connectivity index (χ3n) is 4.24. The molecule has 25 heavy (non-hydrogen) atoms.